The summed E-state index contributed by atoms with van der Waals surface area (Å²) < 4.78 is 0. The van der Waals surface area contributed by atoms with Crippen LogP contribution >= 0.6 is 0 Å². The van der Waals surface area contributed by atoms with Crippen molar-refractivity contribution in [2.75, 3.05) is 13.1 Å². The smallest absolute Gasteiger partial charge is 0.321 e. The lowest BCUT2D eigenvalue weighted by Gasteiger charge is -2.47. The van der Waals surface area contributed by atoms with E-state index >= 15 is 0 Å². The highest BCUT2D eigenvalue weighted by Gasteiger charge is 2.58. The predicted octanol–water partition coefficient (Wildman–Crippen LogP) is -0.605. The van der Waals surface area contributed by atoms with Crippen LogP contribution in [-0.4, -0.2) is 48.2 Å². The van der Waals surface area contributed by atoms with Gasteiger partial charge >= 0.3 is 5.97 Å². The van der Waals surface area contributed by atoms with Crippen LogP contribution in [0.15, 0.2) is 0 Å². The molecule has 2 saturated heterocycles. The second-order valence-electron chi connectivity index (χ2n) is 5.09. The number of carbonyl (C=O) groups is 1. The van der Waals surface area contributed by atoms with E-state index in [9.17, 15) is 9.82 Å². The maximum atomic E-state index is 11.2. The number of aliphatic carboxylic acids is 1. The Morgan fingerprint density at radius 3 is 2.81 bits per heavy atom. The molecule has 16 heavy (non-hydrogen) atoms. The predicted molar refractivity (Wildman–Crippen MR) is 61.5 cm³/mol. The molecule has 3 unspecified atom stereocenters. The number of hydrogen-bond donors (Lipinski definition) is 4. The number of nitrogens with one attached hydrogen (secondary N) is 2. The Balaban J connectivity index is 1.95. The van der Waals surface area contributed by atoms with Crippen molar-refractivity contribution in [1.29, 1.82) is 0 Å². The third-order valence-electron chi connectivity index (χ3n) is 3.98. The van der Waals surface area contributed by atoms with E-state index < -0.39 is 12.0 Å². The highest BCUT2D eigenvalue weighted by molar-refractivity contribution is 6.48. The molecule has 0 aromatic rings. The normalized spacial score (nSPS) is 36.6. The average Bonchev–Trinajstić information content (AvgIpc) is 2.40. The molecule has 90 valence electrons. The third-order valence-corrected chi connectivity index (χ3v) is 3.98. The monoisotopic (exact) mass is 226 g/mol. The number of carboxylic acids is 1. The van der Waals surface area contributed by atoms with Crippen LogP contribution in [0.25, 0.3) is 0 Å². The van der Waals surface area contributed by atoms with Gasteiger partial charge in [-0.2, -0.15) is 0 Å². The minimum atomic E-state index is -0.749. The van der Waals surface area contributed by atoms with E-state index in [0.29, 0.717) is 6.04 Å². The molecule has 5 nitrogen and oxygen atoms in total. The number of carboxylic acid groups (broad SMARTS) is 1. The molecule has 0 spiro atoms. The highest BCUT2D eigenvalue weighted by atomic mass is 16.4. The summed E-state index contributed by atoms with van der Waals surface area (Å²) in [6.07, 6.45) is 2.52. The van der Waals surface area contributed by atoms with Crippen molar-refractivity contribution >= 4 is 12.9 Å². The van der Waals surface area contributed by atoms with Crippen LogP contribution in [0, 0.1) is 5.41 Å². The van der Waals surface area contributed by atoms with Crippen molar-refractivity contribution in [2.24, 2.45) is 5.41 Å². The molecule has 2 fully saturated rings. The van der Waals surface area contributed by atoms with Gasteiger partial charge in [0.25, 0.3) is 6.92 Å². The molecule has 0 bridgehead atoms. The molecule has 4 N–H and O–H groups in total. The van der Waals surface area contributed by atoms with Gasteiger partial charge in [0.05, 0.1) is 0 Å². The topological polar surface area (TPSA) is 81.6 Å². The first-order chi connectivity index (χ1) is 7.56. The van der Waals surface area contributed by atoms with Crippen LogP contribution in [0.1, 0.15) is 12.8 Å². The van der Waals surface area contributed by atoms with Crippen molar-refractivity contribution in [3.05, 3.63) is 0 Å². The van der Waals surface area contributed by atoms with Crippen LogP contribution in [0.5, 0.6) is 0 Å². The van der Waals surface area contributed by atoms with Gasteiger partial charge in [-0.05, 0) is 12.7 Å². The average molecular weight is 226 g/mol. The Labute approximate surface area is 95.7 Å². The lowest BCUT2D eigenvalue weighted by molar-refractivity contribution is -0.143. The number of fused-ring (bicyclic) bond motifs is 1. The second-order valence-corrected chi connectivity index (χ2v) is 5.09. The molecule has 0 aromatic carbocycles. The minimum absolute atomic E-state index is 0.124. The highest BCUT2D eigenvalue weighted by Crippen LogP contribution is 2.42. The zero-order chi connectivity index (χ0) is 11.8. The summed E-state index contributed by atoms with van der Waals surface area (Å²) in [6, 6.07) is -0.129. The third kappa shape index (κ3) is 1.85. The summed E-state index contributed by atoms with van der Waals surface area (Å²) in [7, 11) is 0. The first-order valence-corrected chi connectivity index (χ1v) is 5.94. The zero-order valence-corrected chi connectivity index (χ0v) is 9.57. The summed E-state index contributed by atoms with van der Waals surface area (Å²) in [5, 5.41) is 24.7. The first kappa shape index (κ1) is 11.9. The van der Waals surface area contributed by atoms with E-state index in [4.69, 9.17) is 5.11 Å². The Morgan fingerprint density at radius 2 is 2.31 bits per heavy atom. The SMILES string of the molecule is CB(O)CCCC12CNC1CNC2C(=O)O. The molecule has 2 heterocycles. The van der Waals surface area contributed by atoms with E-state index in [2.05, 4.69) is 10.6 Å². The molecule has 2 rings (SSSR count). The molecule has 0 amide bonds. The van der Waals surface area contributed by atoms with Crippen molar-refractivity contribution in [3.63, 3.8) is 0 Å². The number of hydrogen-bond acceptors (Lipinski definition) is 4. The fourth-order valence-corrected chi connectivity index (χ4v) is 2.99. The van der Waals surface area contributed by atoms with E-state index in [1.165, 1.54) is 0 Å². The molecular weight excluding hydrogens is 207 g/mol. The Morgan fingerprint density at radius 1 is 1.56 bits per heavy atom. The van der Waals surface area contributed by atoms with Gasteiger partial charge in [-0.25, -0.2) is 0 Å². The van der Waals surface area contributed by atoms with Crippen LogP contribution in [0.4, 0.5) is 0 Å². The fourth-order valence-electron chi connectivity index (χ4n) is 2.99. The lowest BCUT2D eigenvalue weighted by atomic mass is 9.62. The maximum Gasteiger partial charge on any atom is 0.321 e. The fraction of sp³-hybridized carbons (Fsp3) is 0.900. The van der Waals surface area contributed by atoms with Gasteiger partial charge in [-0.15, -0.1) is 0 Å². The molecule has 3 atom stereocenters. The lowest BCUT2D eigenvalue weighted by Crippen LogP contribution is -2.65. The summed E-state index contributed by atoms with van der Waals surface area (Å²) in [4.78, 5) is 11.2. The Bertz CT molecular complexity index is 287. The van der Waals surface area contributed by atoms with Crippen molar-refractivity contribution in [1.82, 2.24) is 10.6 Å². The molecule has 2 aliphatic heterocycles. The Kier molecular flexibility index (Phi) is 3.23. The van der Waals surface area contributed by atoms with Crippen molar-refractivity contribution in [3.8, 4) is 0 Å². The molecule has 0 saturated carbocycles. The molecule has 0 aliphatic carbocycles. The van der Waals surface area contributed by atoms with Gasteiger partial charge in [0.2, 0.25) is 0 Å². The Hall–Kier alpha value is -0.585. The van der Waals surface area contributed by atoms with E-state index in [1.54, 1.807) is 6.82 Å². The molecule has 6 heteroatoms. The van der Waals surface area contributed by atoms with E-state index in [1.807, 2.05) is 0 Å². The summed E-state index contributed by atoms with van der Waals surface area (Å²) in [6.45, 7) is 3.00. The van der Waals surface area contributed by atoms with Crippen LogP contribution < -0.4 is 10.6 Å². The van der Waals surface area contributed by atoms with Crippen LogP contribution in [0.3, 0.4) is 0 Å². The van der Waals surface area contributed by atoms with Crippen LogP contribution in [0.2, 0.25) is 13.1 Å². The zero-order valence-electron chi connectivity index (χ0n) is 9.57. The van der Waals surface area contributed by atoms with Gasteiger partial charge in [0.1, 0.15) is 6.04 Å². The van der Waals surface area contributed by atoms with Gasteiger partial charge in [0.15, 0.2) is 0 Å². The van der Waals surface area contributed by atoms with Crippen molar-refractivity contribution < 1.29 is 14.9 Å². The molecular formula is C10H19BN2O3. The molecule has 2 aliphatic rings. The summed E-state index contributed by atoms with van der Waals surface area (Å²) in [5.74, 6) is -0.749. The number of rotatable bonds is 5. The van der Waals surface area contributed by atoms with Gasteiger partial charge in [-0.3, -0.25) is 4.79 Å². The summed E-state index contributed by atoms with van der Waals surface area (Å²) in [5.41, 5.74) is -0.124. The maximum absolute atomic E-state index is 11.2. The summed E-state index contributed by atoms with van der Waals surface area (Å²) >= 11 is 0. The molecule has 0 aromatic heterocycles. The first-order valence-electron chi connectivity index (χ1n) is 5.94. The van der Waals surface area contributed by atoms with Crippen molar-refractivity contribution in [2.45, 2.75) is 38.1 Å². The largest absolute Gasteiger partial charge is 0.480 e. The van der Waals surface area contributed by atoms with Crippen LogP contribution in [-0.2, 0) is 4.79 Å². The standard InChI is InChI=1S/C10H19BN2O3/c1-11(16)4-2-3-10-6-13-7(10)5-12-8(10)9(14)15/h7-8,12-13,16H,2-6H2,1H3,(H,14,15). The van der Waals surface area contributed by atoms with E-state index in [-0.39, 0.29) is 12.3 Å². The molecule has 0 radical (unpaired) electrons. The van der Waals surface area contributed by atoms with E-state index in [0.717, 1.165) is 32.3 Å². The quantitative estimate of drug-likeness (QED) is 0.470. The minimum Gasteiger partial charge on any atom is -0.480 e. The van der Waals surface area contributed by atoms with Gasteiger partial charge < -0.3 is 20.8 Å². The van der Waals surface area contributed by atoms with Gasteiger partial charge in [-0.1, -0.05) is 13.2 Å². The van der Waals surface area contributed by atoms with Gasteiger partial charge in [0, 0.05) is 24.5 Å². The second kappa shape index (κ2) is 4.35.